The molecule has 0 saturated carbocycles. The number of aliphatic hydroxyl groups excluding tert-OH is 1. The summed E-state index contributed by atoms with van der Waals surface area (Å²) in [4.78, 5) is 30.6. The Hall–Kier alpha value is -1.63. The van der Waals surface area contributed by atoms with Gasteiger partial charge in [0.15, 0.2) is 6.10 Å². The molecule has 7 heteroatoms. The lowest BCUT2D eigenvalue weighted by molar-refractivity contribution is -0.142. The maximum absolute atomic E-state index is 12.6. The van der Waals surface area contributed by atoms with Crippen molar-refractivity contribution in [3.8, 4) is 0 Å². The van der Waals surface area contributed by atoms with Crippen LogP contribution >= 0.6 is 11.6 Å². The molecule has 2 heterocycles. The predicted octanol–water partition coefficient (Wildman–Crippen LogP) is 1.53. The van der Waals surface area contributed by atoms with Crippen LogP contribution in [0.5, 0.6) is 0 Å². The number of hydrogen-bond donors (Lipinski definition) is 1. The summed E-state index contributed by atoms with van der Waals surface area (Å²) < 4.78 is 0. The largest absolute Gasteiger partial charge is 0.378 e. The average molecular weight is 380 g/mol. The summed E-state index contributed by atoms with van der Waals surface area (Å²) in [6.07, 6.45) is 2.14. The van der Waals surface area contributed by atoms with E-state index in [1.54, 1.807) is 29.2 Å². The third-order valence-corrected chi connectivity index (χ3v) is 5.53. The summed E-state index contributed by atoms with van der Waals surface area (Å²) in [7, 11) is 0. The first kappa shape index (κ1) is 19.1. The zero-order valence-electron chi connectivity index (χ0n) is 14.9. The smallest absolute Gasteiger partial charge is 0.256 e. The van der Waals surface area contributed by atoms with E-state index in [2.05, 4.69) is 4.90 Å². The molecule has 2 amide bonds. The van der Waals surface area contributed by atoms with Crippen LogP contribution in [0.2, 0.25) is 5.02 Å². The van der Waals surface area contributed by atoms with Gasteiger partial charge in [-0.25, -0.2) is 0 Å². The highest BCUT2D eigenvalue weighted by Crippen LogP contribution is 2.24. The number of piperazine rings is 1. The van der Waals surface area contributed by atoms with Gasteiger partial charge in [-0.3, -0.25) is 14.5 Å². The number of nitrogens with zero attached hydrogens (tertiary/aromatic N) is 3. The van der Waals surface area contributed by atoms with Gasteiger partial charge in [-0.1, -0.05) is 29.8 Å². The second kappa shape index (κ2) is 8.84. The Morgan fingerprint density at radius 3 is 2.27 bits per heavy atom. The van der Waals surface area contributed by atoms with Gasteiger partial charge in [-0.2, -0.15) is 0 Å². The van der Waals surface area contributed by atoms with Gasteiger partial charge in [0, 0.05) is 49.9 Å². The molecular weight excluding hydrogens is 354 g/mol. The second-order valence-electron chi connectivity index (χ2n) is 6.97. The summed E-state index contributed by atoms with van der Waals surface area (Å²) in [6.45, 7) is 4.43. The number of carbonyl (C=O) groups is 2. The summed E-state index contributed by atoms with van der Waals surface area (Å²) in [5.41, 5.74) is 0.432. The van der Waals surface area contributed by atoms with E-state index in [0.29, 0.717) is 43.3 Å². The molecule has 1 aromatic carbocycles. The Bertz CT molecular complexity index is 641. The van der Waals surface area contributed by atoms with Crippen LogP contribution in [-0.2, 0) is 9.59 Å². The third-order valence-electron chi connectivity index (χ3n) is 5.19. The minimum Gasteiger partial charge on any atom is -0.378 e. The minimum atomic E-state index is -1.25. The van der Waals surface area contributed by atoms with Crippen LogP contribution in [0.15, 0.2) is 24.3 Å². The van der Waals surface area contributed by atoms with Crippen molar-refractivity contribution >= 4 is 23.4 Å². The summed E-state index contributed by atoms with van der Waals surface area (Å²) in [6, 6.07) is 6.85. The Morgan fingerprint density at radius 2 is 1.62 bits per heavy atom. The minimum absolute atomic E-state index is 0.181. The quantitative estimate of drug-likeness (QED) is 0.861. The van der Waals surface area contributed by atoms with E-state index in [1.165, 1.54) is 6.42 Å². The topological polar surface area (TPSA) is 64.1 Å². The maximum Gasteiger partial charge on any atom is 0.256 e. The summed E-state index contributed by atoms with van der Waals surface area (Å²) >= 11 is 6.08. The van der Waals surface area contributed by atoms with Gasteiger partial charge < -0.3 is 14.9 Å². The highest BCUT2D eigenvalue weighted by atomic mass is 35.5. The van der Waals surface area contributed by atoms with Gasteiger partial charge in [-0.15, -0.1) is 0 Å². The van der Waals surface area contributed by atoms with Gasteiger partial charge in [0.05, 0.1) is 6.54 Å². The molecule has 0 aliphatic carbocycles. The molecule has 2 fully saturated rings. The number of aliphatic hydroxyl groups is 1. The van der Waals surface area contributed by atoms with Gasteiger partial charge in [-0.05, 0) is 25.3 Å². The molecule has 2 aliphatic rings. The molecule has 1 aromatic rings. The van der Waals surface area contributed by atoms with E-state index in [-0.39, 0.29) is 11.8 Å². The van der Waals surface area contributed by atoms with Crippen molar-refractivity contribution in [2.24, 2.45) is 0 Å². The molecule has 26 heavy (non-hydrogen) atoms. The molecule has 2 aliphatic heterocycles. The highest BCUT2D eigenvalue weighted by molar-refractivity contribution is 6.31. The fraction of sp³-hybridized carbons (Fsp3) is 0.579. The van der Waals surface area contributed by atoms with Crippen molar-refractivity contribution < 1.29 is 14.7 Å². The van der Waals surface area contributed by atoms with Crippen molar-refractivity contribution in [1.29, 1.82) is 0 Å². The van der Waals surface area contributed by atoms with Crippen molar-refractivity contribution in [1.82, 2.24) is 14.7 Å². The predicted molar refractivity (Wildman–Crippen MR) is 99.9 cm³/mol. The number of rotatable bonds is 4. The van der Waals surface area contributed by atoms with Gasteiger partial charge >= 0.3 is 0 Å². The van der Waals surface area contributed by atoms with Crippen LogP contribution in [-0.4, -0.2) is 77.4 Å². The van der Waals surface area contributed by atoms with Crippen LogP contribution in [0.25, 0.3) is 0 Å². The molecule has 1 unspecified atom stereocenters. The Morgan fingerprint density at radius 1 is 0.962 bits per heavy atom. The van der Waals surface area contributed by atoms with Crippen LogP contribution in [0, 0.1) is 0 Å². The van der Waals surface area contributed by atoms with Gasteiger partial charge in [0.1, 0.15) is 0 Å². The van der Waals surface area contributed by atoms with Crippen LogP contribution < -0.4 is 0 Å². The van der Waals surface area contributed by atoms with Crippen molar-refractivity contribution in [2.75, 3.05) is 45.8 Å². The van der Waals surface area contributed by atoms with E-state index < -0.39 is 6.10 Å². The molecule has 142 valence electrons. The lowest BCUT2D eigenvalue weighted by atomic mass is 10.1. The standard InChI is InChI=1S/C19H26ClN3O3/c20-16-7-3-2-6-15(16)18(25)19(26)23-12-10-21(11-13-23)14-17(24)22-8-4-1-5-9-22/h2-3,6-7,18,25H,1,4-5,8-14H2. The monoisotopic (exact) mass is 379 g/mol. The summed E-state index contributed by atoms with van der Waals surface area (Å²) in [5.74, 6) is -0.152. The zero-order chi connectivity index (χ0) is 18.5. The number of benzene rings is 1. The Labute approximate surface area is 159 Å². The number of carbonyl (C=O) groups excluding carboxylic acids is 2. The number of amides is 2. The molecule has 0 radical (unpaired) electrons. The van der Waals surface area contributed by atoms with Crippen LogP contribution in [0.4, 0.5) is 0 Å². The number of halogens is 1. The molecule has 2 saturated heterocycles. The van der Waals surface area contributed by atoms with E-state index in [1.807, 2.05) is 4.90 Å². The van der Waals surface area contributed by atoms with Gasteiger partial charge in [0.25, 0.3) is 5.91 Å². The fourth-order valence-corrected chi connectivity index (χ4v) is 3.80. The van der Waals surface area contributed by atoms with Crippen LogP contribution in [0.1, 0.15) is 30.9 Å². The molecule has 0 spiro atoms. The van der Waals surface area contributed by atoms with Crippen molar-refractivity contribution in [3.63, 3.8) is 0 Å². The molecule has 1 N–H and O–H groups in total. The Kier molecular flexibility index (Phi) is 6.51. The number of likely N-dealkylation sites (tertiary alicyclic amines) is 1. The zero-order valence-corrected chi connectivity index (χ0v) is 15.7. The molecular formula is C19H26ClN3O3. The lowest BCUT2D eigenvalue weighted by Crippen LogP contribution is -2.52. The fourth-order valence-electron chi connectivity index (χ4n) is 3.56. The van der Waals surface area contributed by atoms with E-state index in [0.717, 1.165) is 25.9 Å². The first-order valence-electron chi connectivity index (χ1n) is 9.27. The third kappa shape index (κ3) is 4.55. The van der Waals surface area contributed by atoms with E-state index in [4.69, 9.17) is 11.6 Å². The molecule has 6 nitrogen and oxygen atoms in total. The SMILES string of the molecule is O=C(CN1CCN(C(=O)C(O)c2ccccc2Cl)CC1)N1CCCCC1. The average Bonchev–Trinajstić information content (AvgIpc) is 2.68. The molecule has 3 rings (SSSR count). The number of piperidine rings is 1. The maximum atomic E-state index is 12.6. The normalized spacial score (nSPS) is 20.1. The first-order chi connectivity index (χ1) is 12.6. The molecule has 1 atom stereocenters. The van der Waals surface area contributed by atoms with Crippen LogP contribution in [0.3, 0.4) is 0 Å². The highest BCUT2D eigenvalue weighted by Gasteiger charge is 2.29. The molecule has 0 bridgehead atoms. The Balaban J connectivity index is 1.49. The van der Waals surface area contributed by atoms with Gasteiger partial charge in [0.2, 0.25) is 5.91 Å². The van der Waals surface area contributed by atoms with Crippen molar-refractivity contribution in [2.45, 2.75) is 25.4 Å². The molecule has 0 aromatic heterocycles. The van der Waals surface area contributed by atoms with Crippen molar-refractivity contribution in [3.05, 3.63) is 34.9 Å². The summed E-state index contributed by atoms with van der Waals surface area (Å²) in [5, 5.41) is 10.7. The lowest BCUT2D eigenvalue weighted by Gasteiger charge is -2.36. The van der Waals surface area contributed by atoms with E-state index >= 15 is 0 Å². The first-order valence-corrected chi connectivity index (χ1v) is 9.65. The number of hydrogen-bond acceptors (Lipinski definition) is 4. The second-order valence-corrected chi connectivity index (χ2v) is 7.37. The van der Waals surface area contributed by atoms with E-state index in [9.17, 15) is 14.7 Å².